The second-order valence-electron chi connectivity index (χ2n) is 15.6. The monoisotopic (exact) mass is 766 g/mol. The molecule has 0 saturated heterocycles. The second-order valence-corrected chi connectivity index (χ2v) is 15.6. The molecule has 0 heterocycles. The van der Waals surface area contributed by atoms with Crippen LogP contribution in [0.4, 0.5) is 0 Å². The third kappa shape index (κ3) is 10.1. The van der Waals surface area contributed by atoms with Gasteiger partial charge in [-0.1, -0.05) is 154 Å². The van der Waals surface area contributed by atoms with Gasteiger partial charge in [0.05, 0.1) is 0 Å². The van der Waals surface area contributed by atoms with Crippen LogP contribution in [0.3, 0.4) is 0 Å². The van der Waals surface area contributed by atoms with Crippen LogP contribution in [-0.4, -0.2) is 0 Å². The Morgan fingerprint density at radius 3 is 1.65 bits per heavy atom. The molecule has 0 atom stereocenters. The normalized spacial score (nSPS) is 11.4. The average molecular weight is 769 g/mol. The van der Waals surface area contributed by atoms with Gasteiger partial charge in [0, 0.05) is 0 Å². The first-order chi connectivity index (χ1) is 21.8. The third-order valence-corrected chi connectivity index (χ3v) is 9.55. The Morgan fingerprint density at radius 2 is 1.16 bits per heavy atom. The van der Waals surface area contributed by atoms with E-state index >= 15 is 0 Å². The van der Waals surface area contributed by atoms with Crippen molar-refractivity contribution in [1.82, 2.24) is 0 Å². The van der Waals surface area contributed by atoms with Crippen molar-refractivity contribution >= 4 is 21.5 Å². The molecule has 6 rings (SSSR count). The quantitative estimate of drug-likeness (QED) is 0.152. The van der Waals surface area contributed by atoms with Gasteiger partial charge >= 0.3 is 26.2 Å². The summed E-state index contributed by atoms with van der Waals surface area (Å²) in [6, 6.07) is 38.8. The van der Waals surface area contributed by atoms with E-state index in [1.807, 2.05) is 0 Å². The molecule has 0 saturated carbocycles. The Morgan fingerprint density at radius 1 is 0.633 bits per heavy atom. The number of hydrogen-bond donors (Lipinski definition) is 0. The number of rotatable bonds is 6. The van der Waals surface area contributed by atoms with Crippen LogP contribution in [0.25, 0.3) is 43.8 Å². The molecule has 0 N–H and O–H groups in total. The zero-order valence-electron chi connectivity index (χ0n) is 31.3. The predicted molar refractivity (Wildman–Crippen MR) is 205 cm³/mol. The van der Waals surface area contributed by atoms with E-state index in [0.29, 0.717) is 5.92 Å². The van der Waals surface area contributed by atoms with Crippen LogP contribution in [0, 0.1) is 6.92 Å². The van der Waals surface area contributed by atoms with Gasteiger partial charge in [-0.2, -0.15) is 12.1 Å². The molecule has 6 aromatic carbocycles. The second kappa shape index (κ2) is 17.7. The number of unbranched alkanes of at least 4 members (excludes halogenated alkanes) is 1. The van der Waals surface area contributed by atoms with E-state index in [2.05, 4.69) is 172 Å². The Balaban J connectivity index is 0.000000321. The minimum absolute atomic E-state index is 0. The molecular weight excluding hydrogens is 715 g/mol. The molecule has 0 amide bonds. The fourth-order valence-electron chi connectivity index (χ4n) is 6.42. The molecule has 49 heavy (non-hydrogen) atoms. The molecule has 0 radical (unpaired) electrons. The first-order valence-electron chi connectivity index (χ1n) is 17.4. The van der Waals surface area contributed by atoms with Gasteiger partial charge in [0.25, 0.3) is 0 Å². The summed E-state index contributed by atoms with van der Waals surface area (Å²) < 4.78 is 0. The van der Waals surface area contributed by atoms with Crippen molar-refractivity contribution in [3.8, 4) is 22.3 Å². The van der Waals surface area contributed by atoms with Gasteiger partial charge in [-0.25, -0.2) is 0 Å². The summed E-state index contributed by atoms with van der Waals surface area (Å²) in [6.45, 7) is 22.6. The molecule has 0 bridgehead atoms. The summed E-state index contributed by atoms with van der Waals surface area (Å²) in [6.07, 6.45) is 3.71. The van der Waals surface area contributed by atoms with Crippen molar-refractivity contribution < 1.29 is 51.0 Å². The maximum atomic E-state index is 2.41. The van der Waals surface area contributed by atoms with Crippen LogP contribution in [-0.2, 0) is 43.5 Å². The molecular formula is C46H54Cl2Zr. The van der Waals surface area contributed by atoms with Crippen molar-refractivity contribution in [2.24, 2.45) is 0 Å². The maximum Gasteiger partial charge on any atom is 4.00 e. The standard InChI is InChI=1S/C24H29.C22H25.2ClH.Zr/c1-6-7-8-18-15-22-17(2)9-14-21(23(22)16-18)19-10-12-20(13-11-19)24(3,4)5;1-15(2)18-13-17-7-6-8-20(21(17)14-18)16-9-11-19(12-10-16)22(3,4)5;;;/h9-16H,6-8H2,1-5H3;6-15H,1-5H3;2*1H;/q2*-1;;;+4/p-2. The van der Waals surface area contributed by atoms with Crippen LogP contribution in [0.5, 0.6) is 0 Å². The average Bonchev–Trinajstić information content (AvgIpc) is 3.66. The summed E-state index contributed by atoms with van der Waals surface area (Å²) in [5.41, 5.74) is 12.8. The van der Waals surface area contributed by atoms with Gasteiger partial charge in [-0.15, -0.1) is 68.6 Å². The summed E-state index contributed by atoms with van der Waals surface area (Å²) in [7, 11) is 0. The summed E-state index contributed by atoms with van der Waals surface area (Å²) >= 11 is 0. The van der Waals surface area contributed by atoms with Gasteiger partial charge in [-0.3, -0.25) is 0 Å². The summed E-state index contributed by atoms with van der Waals surface area (Å²) in [5, 5.41) is 5.54. The first kappa shape index (κ1) is 42.7. The van der Waals surface area contributed by atoms with Crippen LogP contribution >= 0.6 is 0 Å². The summed E-state index contributed by atoms with van der Waals surface area (Å²) in [4.78, 5) is 0. The molecule has 0 aliphatic rings. The fourth-order valence-corrected chi connectivity index (χ4v) is 6.42. The SMILES string of the molecule is CC(C)c1cc2c(-c3ccc(C(C)(C)C)cc3)cccc2[cH-]1.CCCCc1cc2c(-c3ccc(C(C)(C)C)cc3)ccc(C)c2[cH-]1.[Cl-].[Cl-].[Zr+4]. The number of hydrogen-bond acceptors (Lipinski definition) is 0. The van der Waals surface area contributed by atoms with E-state index in [4.69, 9.17) is 0 Å². The molecule has 3 heteroatoms. The Labute approximate surface area is 328 Å². The van der Waals surface area contributed by atoms with E-state index in [1.54, 1.807) is 0 Å². The predicted octanol–water partition coefficient (Wildman–Crippen LogP) is 7.83. The zero-order valence-corrected chi connectivity index (χ0v) is 35.2. The Bertz CT molecular complexity index is 1900. The minimum Gasteiger partial charge on any atom is -1.00 e. The zero-order chi connectivity index (χ0) is 33.2. The van der Waals surface area contributed by atoms with Crippen LogP contribution < -0.4 is 24.8 Å². The van der Waals surface area contributed by atoms with E-state index in [9.17, 15) is 0 Å². The van der Waals surface area contributed by atoms with E-state index in [-0.39, 0.29) is 61.8 Å². The van der Waals surface area contributed by atoms with Gasteiger partial charge in [-0.05, 0) is 45.4 Å². The topological polar surface area (TPSA) is 0 Å². The summed E-state index contributed by atoms with van der Waals surface area (Å²) in [5.74, 6) is 0.573. The van der Waals surface area contributed by atoms with Crippen molar-refractivity contribution in [3.05, 3.63) is 131 Å². The van der Waals surface area contributed by atoms with Crippen LogP contribution in [0.2, 0.25) is 0 Å². The molecule has 0 spiro atoms. The number of aryl methyl sites for hydroxylation is 2. The molecule has 0 fully saturated rings. The number of fused-ring (bicyclic) bond motifs is 2. The van der Waals surface area contributed by atoms with Gasteiger partial charge in [0.1, 0.15) is 0 Å². The molecule has 256 valence electrons. The number of halogens is 2. The molecule has 0 unspecified atom stereocenters. The number of benzene rings is 4. The smallest absolute Gasteiger partial charge is 1.00 e. The van der Waals surface area contributed by atoms with Crippen molar-refractivity contribution in [3.63, 3.8) is 0 Å². The fraction of sp³-hybridized carbons (Fsp3) is 0.348. The maximum absolute atomic E-state index is 2.41. The minimum atomic E-state index is 0. The van der Waals surface area contributed by atoms with Crippen molar-refractivity contribution in [2.75, 3.05) is 0 Å². The van der Waals surface area contributed by atoms with E-state index in [0.717, 1.165) is 0 Å². The van der Waals surface area contributed by atoms with Crippen LogP contribution in [0.1, 0.15) is 109 Å². The molecule has 0 nitrogen and oxygen atoms in total. The molecule has 0 aliphatic carbocycles. The van der Waals surface area contributed by atoms with Crippen molar-refractivity contribution in [2.45, 2.75) is 105 Å². The van der Waals surface area contributed by atoms with Gasteiger partial charge < -0.3 is 24.8 Å². The van der Waals surface area contributed by atoms with E-state index in [1.165, 1.54) is 90.9 Å². The third-order valence-electron chi connectivity index (χ3n) is 9.55. The molecule has 6 aromatic rings. The molecule has 0 aromatic heterocycles. The van der Waals surface area contributed by atoms with Gasteiger partial charge in [0.2, 0.25) is 0 Å². The first-order valence-corrected chi connectivity index (χ1v) is 17.4. The van der Waals surface area contributed by atoms with Gasteiger partial charge in [0.15, 0.2) is 0 Å². The Hall–Kier alpha value is -2.44. The Kier molecular flexibility index (Phi) is 15.4. The van der Waals surface area contributed by atoms with E-state index < -0.39 is 0 Å². The van der Waals surface area contributed by atoms with Crippen LogP contribution in [0.15, 0.2) is 103 Å². The van der Waals surface area contributed by atoms with Crippen molar-refractivity contribution in [1.29, 1.82) is 0 Å². The largest absolute Gasteiger partial charge is 4.00 e. The molecule has 0 aliphatic heterocycles.